The SMILES string of the molecule is CCCNC(c1ccc(C)c(F)c1)C1CCS(=O)(=O)C1. The van der Waals surface area contributed by atoms with E-state index in [0.29, 0.717) is 12.0 Å². The summed E-state index contributed by atoms with van der Waals surface area (Å²) in [7, 11) is -2.93. The molecule has 1 fully saturated rings. The van der Waals surface area contributed by atoms with Gasteiger partial charge >= 0.3 is 0 Å². The third-order valence-corrected chi connectivity index (χ3v) is 5.70. The van der Waals surface area contributed by atoms with Crippen molar-refractivity contribution in [2.75, 3.05) is 18.1 Å². The molecule has 1 saturated heterocycles. The van der Waals surface area contributed by atoms with E-state index in [9.17, 15) is 12.8 Å². The van der Waals surface area contributed by atoms with Crippen LogP contribution in [0, 0.1) is 18.7 Å². The fourth-order valence-corrected chi connectivity index (χ4v) is 4.59. The summed E-state index contributed by atoms with van der Waals surface area (Å²) >= 11 is 0. The first-order valence-corrected chi connectivity index (χ1v) is 8.95. The van der Waals surface area contributed by atoms with E-state index in [2.05, 4.69) is 12.2 Å². The molecule has 20 heavy (non-hydrogen) atoms. The minimum Gasteiger partial charge on any atom is -0.310 e. The summed E-state index contributed by atoms with van der Waals surface area (Å²) in [4.78, 5) is 0. The first-order chi connectivity index (χ1) is 9.43. The third kappa shape index (κ3) is 3.58. The molecular weight excluding hydrogens is 277 g/mol. The van der Waals surface area contributed by atoms with Crippen LogP contribution in [-0.4, -0.2) is 26.5 Å². The van der Waals surface area contributed by atoms with E-state index in [-0.39, 0.29) is 29.3 Å². The average Bonchev–Trinajstić information content (AvgIpc) is 2.74. The topological polar surface area (TPSA) is 46.2 Å². The lowest BCUT2D eigenvalue weighted by Gasteiger charge is -2.24. The molecule has 1 aliphatic heterocycles. The average molecular weight is 299 g/mol. The minimum absolute atomic E-state index is 0.0358. The van der Waals surface area contributed by atoms with Crippen molar-refractivity contribution in [3.05, 3.63) is 35.1 Å². The number of halogens is 1. The molecule has 2 atom stereocenters. The van der Waals surface area contributed by atoms with Crippen LogP contribution < -0.4 is 5.32 Å². The number of nitrogens with one attached hydrogen (secondary N) is 1. The number of hydrogen-bond donors (Lipinski definition) is 1. The molecule has 2 unspecified atom stereocenters. The summed E-state index contributed by atoms with van der Waals surface area (Å²) in [6.45, 7) is 4.59. The van der Waals surface area contributed by atoms with Crippen molar-refractivity contribution in [2.45, 2.75) is 32.7 Å². The Balaban J connectivity index is 2.25. The lowest BCUT2D eigenvalue weighted by atomic mass is 9.91. The summed E-state index contributed by atoms with van der Waals surface area (Å²) < 4.78 is 37.1. The maximum absolute atomic E-state index is 13.8. The van der Waals surface area contributed by atoms with Crippen LogP contribution in [0.5, 0.6) is 0 Å². The molecule has 0 aromatic heterocycles. The summed E-state index contributed by atoms with van der Waals surface area (Å²) in [6, 6.07) is 5.11. The number of sulfone groups is 1. The summed E-state index contributed by atoms with van der Waals surface area (Å²) in [6.07, 6.45) is 1.61. The standard InChI is InChI=1S/C15H22FNO2S/c1-3-7-17-15(13-6-8-20(18,19)10-13)12-5-4-11(2)14(16)9-12/h4-5,9,13,15,17H,3,6-8,10H2,1-2H3. The zero-order valence-corrected chi connectivity index (χ0v) is 12.8. The minimum atomic E-state index is -2.93. The molecule has 5 heteroatoms. The summed E-state index contributed by atoms with van der Waals surface area (Å²) in [5, 5.41) is 3.38. The molecule has 1 N–H and O–H groups in total. The lowest BCUT2D eigenvalue weighted by molar-refractivity contribution is 0.391. The van der Waals surface area contributed by atoms with Gasteiger partial charge in [0.1, 0.15) is 5.82 Å². The van der Waals surface area contributed by atoms with E-state index in [0.717, 1.165) is 18.5 Å². The van der Waals surface area contributed by atoms with Crippen molar-refractivity contribution in [2.24, 2.45) is 5.92 Å². The molecule has 0 saturated carbocycles. The van der Waals surface area contributed by atoms with Gasteiger partial charge in [-0.3, -0.25) is 0 Å². The monoisotopic (exact) mass is 299 g/mol. The van der Waals surface area contributed by atoms with Crippen LogP contribution in [0.3, 0.4) is 0 Å². The van der Waals surface area contributed by atoms with Gasteiger partial charge in [-0.15, -0.1) is 0 Å². The van der Waals surface area contributed by atoms with Crippen LogP contribution in [0.2, 0.25) is 0 Å². The fraction of sp³-hybridized carbons (Fsp3) is 0.600. The fourth-order valence-electron chi connectivity index (χ4n) is 2.75. The Morgan fingerprint density at radius 1 is 1.45 bits per heavy atom. The van der Waals surface area contributed by atoms with Gasteiger partial charge in [0, 0.05) is 6.04 Å². The highest BCUT2D eigenvalue weighted by Crippen LogP contribution is 2.32. The molecule has 112 valence electrons. The van der Waals surface area contributed by atoms with Crippen molar-refractivity contribution in [3.63, 3.8) is 0 Å². The zero-order chi connectivity index (χ0) is 14.8. The molecule has 0 radical (unpaired) electrons. The molecule has 1 aromatic carbocycles. The van der Waals surface area contributed by atoms with Crippen LogP contribution in [0.15, 0.2) is 18.2 Å². The van der Waals surface area contributed by atoms with E-state index in [1.54, 1.807) is 13.0 Å². The van der Waals surface area contributed by atoms with Crippen molar-refractivity contribution < 1.29 is 12.8 Å². The van der Waals surface area contributed by atoms with E-state index in [1.807, 2.05) is 6.07 Å². The van der Waals surface area contributed by atoms with Crippen molar-refractivity contribution in [1.29, 1.82) is 0 Å². The number of hydrogen-bond acceptors (Lipinski definition) is 3. The van der Waals surface area contributed by atoms with E-state index >= 15 is 0 Å². The number of benzene rings is 1. The molecule has 0 amide bonds. The Labute approximate surface area is 120 Å². The van der Waals surface area contributed by atoms with Crippen LogP contribution in [0.25, 0.3) is 0 Å². The molecule has 1 aliphatic rings. The first kappa shape index (κ1) is 15.4. The molecule has 0 aliphatic carbocycles. The molecule has 0 spiro atoms. The van der Waals surface area contributed by atoms with Gasteiger partial charge in [0.25, 0.3) is 0 Å². The van der Waals surface area contributed by atoms with Crippen LogP contribution >= 0.6 is 0 Å². The zero-order valence-electron chi connectivity index (χ0n) is 12.0. The predicted molar refractivity (Wildman–Crippen MR) is 78.9 cm³/mol. The summed E-state index contributed by atoms with van der Waals surface area (Å²) in [5.41, 5.74) is 1.46. The molecule has 1 heterocycles. The number of aryl methyl sites for hydroxylation is 1. The highest BCUT2D eigenvalue weighted by molar-refractivity contribution is 7.91. The van der Waals surface area contributed by atoms with E-state index in [1.165, 1.54) is 6.07 Å². The smallest absolute Gasteiger partial charge is 0.150 e. The Morgan fingerprint density at radius 2 is 2.20 bits per heavy atom. The number of rotatable bonds is 5. The van der Waals surface area contributed by atoms with Gasteiger partial charge in [0.2, 0.25) is 0 Å². The van der Waals surface area contributed by atoms with Gasteiger partial charge in [-0.05, 0) is 49.4 Å². The second-order valence-corrected chi connectivity index (χ2v) is 7.83. The second-order valence-electron chi connectivity index (χ2n) is 5.60. The summed E-state index contributed by atoms with van der Waals surface area (Å²) in [5.74, 6) is 0.250. The highest BCUT2D eigenvalue weighted by atomic mass is 32.2. The highest BCUT2D eigenvalue weighted by Gasteiger charge is 2.34. The van der Waals surface area contributed by atoms with Crippen LogP contribution in [0.4, 0.5) is 4.39 Å². The second kappa shape index (κ2) is 6.22. The Kier molecular flexibility index (Phi) is 4.81. The van der Waals surface area contributed by atoms with Gasteiger partial charge in [-0.2, -0.15) is 0 Å². The van der Waals surface area contributed by atoms with Crippen LogP contribution in [0.1, 0.15) is 36.9 Å². The Morgan fingerprint density at radius 3 is 2.75 bits per heavy atom. The quantitative estimate of drug-likeness (QED) is 0.909. The van der Waals surface area contributed by atoms with Gasteiger partial charge < -0.3 is 5.32 Å². The van der Waals surface area contributed by atoms with Gasteiger partial charge in [0.05, 0.1) is 11.5 Å². The Hall–Kier alpha value is -0.940. The molecule has 2 rings (SSSR count). The van der Waals surface area contributed by atoms with Crippen molar-refractivity contribution in [3.8, 4) is 0 Å². The van der Waals surface area contributed by atoms with Gasteiger partial charge in [-0.1, -0.05) is 19.1 Å². The molecular formula is C15H22FNO2S. The van der Waals surface area contributed by atoms with E-state index in [4.69, 9.17) is 0 Å². The lowest BCUT2D eigenvalue weighted by Crippen LogP contribution is -2.30. The largest absolute Gasteiger partial charge is 0.310 e. The van der Waals surface area contributed by atoms with Crippen molar-refractivity contribution >= 4 is 9.84 Å². The first-order valence-electron chi connectivity index (χ1n) is 7.13. The molecule has 3 nitrogen and oxygen atoms in total. The Bertz CT molecular complexity index is 571. The third-order valence-electron chi connectivity index (χ3n) is 3.91. The molecule has 0 bridgehead atoms. The molecule has 1 aromatic rings. The van der Waals surface area contributed by atoms with Gasteiger partial charge in [-0.25, -0.2) is 12.8 Å². The van der Waals surface area contributed by atoms with E-state index < -0.39 is 9.84 Å². The van der Waals surface area contributed by atoms with Gasteiger partial charge in [0.15, 0.2) is 9.84 Å². The maximum atomic E-state index is 13.8. The van der Waals surface area contributed by atoms with Crippen molar-refractivity contribution in [1.82, 2.24) is 5.32 Å². The van der Waals surface area contributed by atoms with Crippen LogP contribution in [-0.2, 0) is 9.84 Å². The normalized spacial score (nSPS) is 22.9. The maximum Gasteiger partial charge on any atom is 0.150 e. The predicted octanol–water partition coefficient (Wildman–Crippen LogP) is 2.61.